The lowest BCUT2D eigenvalue weighted by molar-refractivity contribution is 0.297. The van der Waals surface area contributed by atoms with E-state index in [-0.39, 0.29) is 23.6 Å². The maximum Gasteiger partial charge on any atom is 0.147 e. The SMILES string of the molecule is N#Cc1cccc(COc2ccc(F)cc2CCl)c1F. The summed E-state index contributed by atoms with van der Waals surface area (Å²) in [5, 5.41) is 8.75. The first-order chi connectivity index (χ1) is 9.65. The van der Waals surface area contributed by atoms with E-state index in [1.165, 1.54) is 30.3 Å². The molecule has 0 heterocycles. The van der Waals surface area contributed by atoms with Crippen molar-refractivity contribution in [2.75, 3.05) is 0 Å². The number of hydrogen-bond acceptors (Lipinski definition) is 2. The lowest BCUT2D eigenvalue weighted by atomic mass is 10.1. The van der Waals surface area contributed by atoms with Crippen molar-refractivity contribution < 1.29 is 13.5 Å². The second kappa shape index (κ2) is 6.36. The summed E-state index contributed by atoms with van der Waals surface area (Å²) in [4.78, 5) is 0. The topological polar surface area (TPSA) is 33.0 Å². The van der Waals surface area contributed by atoms with Crippen molar-refractivity contribution in [3.05, 3.63) is 64.7 Å². The van der Waals surface area contributed by atoms with Crippen molar-refractivity contribution in [3.63, 3.8) is 0 Å². The summed E-state index contributed by atoms with van der Waals surface area (Å²) in [6.07, 6.45) is 0. The van der Waals surface area contributed by atoms with E-state index in [9.17, 15) is 8.78 Å². The molecule has 0 fully saturated rings. The van der Waals surface area contributed by atoms with Crippen molar-refractivity contribution in [2.24, 2.45) is 0 Å². The Labute approximate surface area is 120 Å². The molecule has 0 saturated heterocycles. The first kappa shape index (κ1) is 14.3. The van der Waals surface area contributed by atoms with E-state index in [1.807, 2.05) is 0 Å². The molecule has 102 valence electrons. The van der Waals surface area contributed by atoms with E-state index >= 15 is 0 Å². The van der Waals surface area contributed by atoms with Gasteiger partial charge in [-0.25, -0.2) is 8.78 Å². The van der Waals surface area contributed by atoms with Crippen molar-refractivity contribution in [2.45, 2.75) is 12.5 Å². The highest BCUT2D eigenvalue weighted by Gasteiger charge is 2.10. The van der Waals surface area contributed by atoms with Crippen molar-refractivity contribution in [3.8, 4) is 11.8 Å². The molecule has 0 aromatic heterocycles. The minimum absolute atomic E-state index is 0.0391. The maximum absolute atomic E-state index is 13.8. The average molecular weight is 294 g/mol. The molecule has 0 aliphatic rings. The molecule has 0 amide bonds. The second-order valence-electron chi connectivity index (χ2n) is 4.06. The fraction of sp³-hybridized carbons (Fsp3) is 0.133. The van der Waals surface area contributed by atoms with Crippen molar-refractivity contribution in [1.82, 2.24) is 0 Å². The van der Waals surface area contributed by atoms with Crippen LogP contribution in [0, 0.1) is 23.0 Å². The zero-order valence-corrected chi connectivity index (χ0v) is 11.1. The van der Waals surface area contributed by atoms with Crippen LogP contribution >= 0.6 is 11.6 Å². The van der Waals surface area contributed by atoms with Gasteiger partial charge in [0.1, 0.15) is 30.1 Å². The molecule has 2 rings (SSSR count). The van der Waals surface area contributed by atoms with Gasteiger partial charge in [-0.05, 0) is 24.3 Å². The zero-order valence-electron chi connectivity index (χ0n) is 10.4. The highest BCUT2D eigenvalue weighted by Crippen LogP contribution is 2.23. The van der Waals surface area contributed by atoms with E-state index in [0.29, 0.717) is 11.3 Å². The van der Waals surface area contributed by atoms with Crippen LogP contribution < -0.4 is 4.74 Å². The Kier molecular flexibility index (Phi) is 4.54. The number of halogens is 3. The van der Waals surface area contributed by atoms with Gasteiger partial charge >= 0.3 is 0 Å². The normalized spacial score (nSPS) is 10.1. The van der Waals surface area contributed by atoms with E-state index < -0.39 is 11.6 Å². The Bertz CT molecular complexity index is 667. The van der Waals surface area contributed by atoms with Gasteiger partial charge in [-0.2, -0.15) is 5.26 Å². The molecule has 0 spiro atoms. The minimum Gasteiger partial charge on any atom is -0.488 e. The lowest BCUT2D eigenvalue weighted by Crippen LogP contribution is -2.02. The van der Waals surface area contributed by atoms with Gasteiger partial charge < -0.3 is 4.74 Å². The molecule has 0 aliphatic carbocycles. The molecule has 0 unspecified atom stereocenters. The Morgan fingerprint density at radius 1 is 1.15 bits per heavy atom. The highest BCUT2D eigenvalue weighted by atomic mass is 35.5. The standard InChI is InChI=1S/C15H10ClF2NO/c16-7-12-6-13(17)4-5-14(12)20-9-11-3-1-2-10(8-19)15(11)18/h1-6H,7,9H2. The third-order valence-corrected chi connectivity index (χ3v) is 3.04. The molecular weight excluding hydrogens is 284 g/mol. The Morgan fingerprint density at radius 3 is 2.65 bits per heavy atom. The van der Waals surface area contributed by atoms with Crippen molar-refractivity contribution >= 4 is 11.6 Å². The Hall–Kier alpha value is -2.12. The predicted molar refractivity (Wildman–Crippen MR) is 71.4 cm³/mol. The summed E-state index contributed by atoms with van der Waals surface area (Å²) in [6, 6.07) is 10.2. The van der Waals surface area contributed by atoms with Crippen LogP contribution in [0.3, 0.4) is 0 Å². The van der Waals surface area contributed by atoms with Crippen LogP contribution in [0.25, 0.3) is 0 Å². The Morgan fingerprint density at radius 2 is 1.95 bits per heavy atom. The van der Waals surface area contributed by atoms with E-state index in [2.05, 4.69) is 0 Å². The number of nitrogens with zero attached hydrogens (tertiary/aromatic N) is 1. The van der Waals surface area contributed by atoms with Crippen LogP contribution in [0.5, 0.6) is 5.75 Å². The van der Waals surface area contributed by atoms with Crippen LogP contribution in [0.15, 0.2) is 36.4 Å². The molecule has 2 nitrogen and oxygen atoms in total. The number of nitriles is 1. The molecule has 0 bridgehead atoms. The van der Waals surface area contributed by atoms with Gasteiger partial charge in [0.15, 0.2) is 0 Å². The van der Waals surface area contributed by atoms with Crippen LogP contribution in [0.1, 0.15) is 16.7 Å². The third kappa shape index (κ3) is 3.06. The van der Waals surface area contributed by atoms with Gasteiger partial charge in [-0.3, -0.25) is 0 Å². The summed E-state index contributed by atoms with van der Waals surface area (Å²) < 4.78 is 32.3. The largest absolute Gasteiger partial charge is 0.488 e. The van der Waals surface area contributed by atoms with Crippen molar-refractivity contribution in [1.29, 1.82) is 5.26 Å². The molecule has 2 aromatic carbocycles. The van der Waals surface area contributed by atoms with Crippen LogP contribution in [0.2, 0.25) is 0 Å². The van der Waals surface area contributed by atoms with E-state index in [1.54, 1.807) is 12.1 Å². The number of rotatable bonds is 4. The number of hydrogen-bond donors (Lipinski definition) is 0. The van der Waals surface area contributed by atoms with Gasteiger partial charge in [0.25, 0.3) is 0 Å². The monoisotopic (exact) mass is 293 g/mol. The van der Waals surface area contributed by atoms with Gasteiger partial charge in [-0.1, -0.05) is 12.1 Å². The average Bonchev–Trinajstić information content (AvgIpc) is 2.47. The maximum atomic E-state index is 13.8. The summed E-state index contributed by atoms with van der Waals surface area (Å²) in [5.41, 5.74) is 0.709. The predicted octanol–water partition coefficient (Wildman–Crippen LogP) is 4.15. The number of benzene rings is 2. The molecule has 0 radical (unpaired) electrons. The van der Waals surface area contributed by atoms with E-state index in [4.69, 9.17) is 21.6 Å². The number of ether oxygens (including phenoxy) is 1. The van der Waals surface area contributed by atoms with Crippen LogP contribution in [-0.4, -0.2) is 0 Å². The fourth-order valence-electron chi connectivity index (χ4n) is 1.73. The molecule has 0 N–H and O–H groups in total. The lowest BCUT2D eigenvalue weighted by Gasteiger charge is -2.11. The zero-order chi connectivity index (χ0) is 14.5. The molecule has 20 heavy (non-hydrogen) atoms. The summed E-state index contributed by atoms with van der Waals surface area (Å²) in [6.45, 7) is -0.0587. The molecular formula is C15H10ClF2NO. The summed E-state index contributed by atoms with van der Waals surface area (Å²) in [5.74, 6) is -0.535. The third-order valence-electron chi connectivity index (χ3n) is 2.75. The molecule has 5 heteroatoms. The van der Waals surface area contributed by atoms with Gasteiger partial charge in [0.05, 0.1) is 11.4 Å². The highest BCUT2D eigenvalue weighted by molar-refractivity contribution is 6.17. The number of alkyl halides is 1. The second-order valence-corrected chi connectivity index (χ2v) is 4.33. The first-order valence-corrected chi connectivity index (χ1v) is 6.34. The fourth-order valence-corrected chi connectivity index (χ4v) is 1.94. The van der Waals surface area contributed by atoms with Gasteiger partial charge in [0.2, 0.25) is 0 Å². The molecule has 0 atom stereocenters. The summed E-state index contributed by atoms with van der Waals surface area (Å²) >= 11 is 5.70. The first-order valence-electron chi connectivity index (χ1n) is 5.80. The van der Waals surface area contributed by atoms with Crippen LogP contribution in [0.4, 0.5) is 8.78 Å². The summed E-state index contributed by atoms with van der Waals surface area (Å²) in [7, 11) is 0. The quantitative estimate of drug-likeness (QED) is 0.793. The Balaban J connectivity index is 2.19. The molecule has 0 saturated carbocycles. The molecule has 0 aliphatic heterocycles. The van der Waals surface area contributed by atoms with E-state index in [0.717, 1.165) is 0 Å². The smallest absolute Gasteiger partial charge is 0.147 e. The molecule has 2 aromatic rings. The van der Waals surface area contributed by atoms with Gasteiger partial charge in [-0.15, -0.1) is 11.6 Å². The van der Waals surface area contributed by atoms with Crippen LogP contribution in [-0.2, 0) is 12.5 Å². The van der Waals surface area contributed by atoms with Gasteiger partial charge in [0, 0.05) is 11.1 Å². The minimum atomic E-state index is -0.607.